The van der Waals surface area contributed by atoms with Gasteiger partial charge in [-0.2, -0.15) is 0 Å². The maximum absolute atomic E-state index is 11.9. The normalized spacial score (nSPS) is 10.7. The standard InChI is InChI=1S/C19H19NO5/c1-11-15(21)6-5-14-12(8-18(22)25-19(11)14)10-20-13-4-7-16(23-2)17(9-13)24-3/h4-9,20-21H,10H2,1-3H3. The van der Waals surface area contributed by atoms with Gasteiger partial charge in [0.25, 0.3) is 0 Å². The number of benzene rings is 2. The summed E-state index contributed by atoms with van der Waals surface area (Å²) in [5.74, 6) is 1.36. The molecule has 0 saturated carbocycles. The Hall–Kier alpha value is -3.15. The maximum Gasteiger partial charge on any atom is 0.336 e. The fourth-order valence-electron chi connectivity index (χ4n) is 2.71. The number of hydrogen-bond donors (Lipinski definition) is 2. The summed E-state index contributed by atoms with van der Waals surface area (Å²) >= 11 is 0. The number of phenolic OH excluding ortho intramolecular Hbond substituents is 1. The summed E-state index contributed by atoms with van der Waals surface area (Å²) < 4.78 is 15.8. The minimum Gasteiger partial charge on any atom is -0.508 e. The highest BCUT2D eigenvalue weighted by atomic mass is 16.5. The molecule has 0 spiro atoms. The van der Waals surface area contributed by atoms with E-state index in [1.807, 2.05) is 12.1 Å². The van der Waals surface area contributed by atoms with Crippen LogP contribution in [-0.4, -0.2) is 19.3 Å². The van der Waals surface area contributed by atoms with Gasteiger partial charge in [0.15, 0.2) is 11.5 Å². The molecule has 6 nitrogen and oxygen atoms in total. The van der Waals surface area contributed by atoms with Crippen molar-refractivity contribution >= 4 is 16.7 Å². The van der Waals surface area contributed by atoms with Gasteiger partial charge in [-0.15, -0.1) is 0 Å². The van der Waals surface area contributed by atoms with Crippen molar-refractivity contribution in [2.45, 2.75) is 13.5 Å². The maximum atomic E-state index is 11.9. The molecule has 6 heteroatoms. The van der Waals surface area contributed by atoms with E-state index in [-0.39, 0.29) is 5.75 Å². The lowest BCUT2D eigenvalue weighted by molar-refractivity contribution is 0.355. The molecular weight excluding hydrogens is 322 g/mol. The lowest BCUT2D eigenvalue weighted by Crippen LogP contribution is -2.06. The van der Waals surface area contributed by atoms with Crippen molar-refractivity contribution in [2.75, 3.05) is 19.5 Å². The van der Waals surface area contributed by atoms with Gasteiger partial charge in [0.05, 0.1) is 14.2 Å². The van der Waals surface area contributed by atoms with Crippen molar-refractivity contribution in [3.63, 3.8) is 0 Å². The highest BCUT2D eigenvalue weighted by Crippen LogP contribution is 2.31. The topological polar surface area (TPSA) is 80.9 Å². The molecule has 0 radical (unpaired) electrons. The average Bonchev–Trinajstić information content (AvgIpc) is 2.62. The Morgan fingerprint density at radius 3 is 2.56 bits per heavy atom. The van der Waals surface area contributed by atoms with Crippen molar-refractivity contribution in [3.8, 4) is 17.2 Å². The largest absolute Gasteiger partial charge is 0.508 e. The second-order valence-corrected chi connectivity index (χ2v) is 5.60. The van der Waals surface area contributed by atoms with E-state index in [1.165, 1.54) is 6.07 Å². The van der Waals surface area contributed by atoms with Crippen LogP contribution in [-0.2, 0) is 6.54 Å². The van der Waals surface area contributed by atoms with Gasteiger partial charge < -0.3 is 24.3 Å². The van der Waals surface area contributed by atoms with Gasteiger partial charge in [0.2, 0.25) is 0 Å². The number of fused-ring (bicyclic) bond motifs is 1. The van der Waals surface area contributed by atoms with Crippen LogP contribution >= 0.6 is 0 Å². The number of aryl methyl sites for hydroxylation is 1. The second kappa shape index (κ2) is 6.76. The van der Waals surface area contributed by atoms with Gasteiger partial charge in [-0.05, 0) is 36.8 Å². The zero-order valence-corrected chi connectivity index (χ0v) is 14.3. The number of rotatable bonds is 5. The predicted molar refractivity (Wildman–Crippen MR) is 95.8 cm³/mol. The summed E-state index contributed by atoms with van der Waals surface area (Å²) in [5, 5.41) is 13.9. The van der Waals surface area contributed by atoms with Crippen LogP contribution in [0.25, 0.3) is 11.0 Å². The molecule has 0 aliphatic heterocycles. The fraction of sp³-hybridized carbons (Fsp3) is 0.211. The molecular formula is C19H19NO5. The number of ether oxygens (including phenoxy) is 2. The SMILES string of the molecule is COc1ccc(NCc2cc(=O)oc3c(C)c(O)ccc23)cc1OC. The molecule has 130 valence electrons. The van der Waals surface area contributed by atoms with Crippen molar-refractivity contribution < 1.29 is 19.0 Å². The first-order chi connectivity index (χ1) is 12.0. The van der Waals surface area contributed by atoms with E-state index >= 15 is 0 Å². The third-order valence-corrected chi connectivity index (χ3v) is 4.08. The van der Waals surface area contributed by atoms with Crippen LogP contribution in [0.4, 0.5) is 5.69 Å². The molecule has 1 aromatic heterocycles. The summed E-state index contributed by atoms with van der Waals surface area (Å²) in [4.78, 5) is 11.9. The number of phenols is 1. The first-order valence-electron chi connectivity index (χ1n) is 7.74. The molecule has 0 fully saturated rings. The minimum atomic E-state index is -0.453. The van der Waals surface area contributed by atoms with Crippen molar-refractivity contribution in [2.24, 2.45) is 0 Å². The Labute approximate surface area is 144 Å². The molecule has 3 aromatic rings. The Kier molecular flexibility index (Phi) is 4.52. The van der Waals surface area contributed by atoms with Gasteiger partial charge in [0, 0.05) is 35.3 Å². The molecule has 2 N–H and O–H groups in total. The zero-order chi connectivity index (χ0) is 18.0. The quantitative estimate of drug-likeness (QED) is 0.692. The third-order valence-electron chi connectivity index (χ3n) is 4.08. The van der Waals surface area contributed by atoms with Crippen LogP contribution < -0.4 is 20.4 Å². The third kappa shape index (κ3) is 3.24. The van der Waals surface area contributed by atoms with Crippen molar-refractivity contribution in [1.82, 2.24) is 0 Å². The summed E-state index contributed by atoms with van der Waals surface area (Å²) in [6.07, 6.45) is 0. The Balaban J connectivity index is 1.94. The summed E-state index contributed by atoms with van der Waals surface area (Å²) in [5.41, 5.74) is 2.10. The molecule has 0 unspecified atom stereocenters. The number of nitrogens with one attached hydrogen (secondary N) is 1. The van der Waals surface area contributed by atoms with Gasteiger partial charge in [0.1, 0.15) is 11.3 Å². The molecule has 0 atom stereocenters. The van der Waals surface area contributed by atoms with Gasteiger partial charge in [-0.3, -0.25) is 0 Å². The highest BCUT2D eigenvalue weighted by molar-refractivity contribution is 5.85. The Bertz CT molecular complexity index is 977. The molecule has 3 rings (SSSR count). The van der Waals surface area contributed by atoms with E-state index in [4.69, 9.17) is 13.9 Å². The molecule has 0 amide bonds. The minimum absolute atomic E-state index is 0.0978. The van der Waals surface area contributed by atoms with Crippen LogP contribution in [0.1, 0.15) is 11.1 Å². The van der Waals surface area contributed by atoms with E-state index in [2.05, 4.69) is 5.32 Å². The summed E-state index contributed by atoms with van der Waals surface area (Å²) in [6.45, 7) is 2.13. The molecule has 1 heterocycles. The monoisotopic (exact) mass is 341 g/mol. The summed E-state index contributed by atoms with van der Waals surface area (Å²) in [7, 11) is 3.16. The highest BCUT2D eigenvalue weighted by Gasteiger charge is 2.11. The smallest absolute Gasteiger partial charge is 0.336 e. The molecule has 2 aromatic carbocycles. The lowest BCUT2D eigenvalue weighted by Gasteiger charge is -2.12. The van der Waals surface area contributed by atoms with Crippen LogP contribution in [0.15, 0.2) is 45.6 Å². The number of aromatic hydroxyl groups is 1. The first kappa shape index (κ1) is 16.7. The van der Waals surface area contributed by atoms with Crippen molar-refractivity contribution in [1.29, 1.82) is 0 Å². The lowest BCUT2D eigenvalue weighted by atomic mass is 10.1. The van der Waals surface area contributed by atoms with Crippen LogP contribution in [0.5, 0.6) is 17.2 Å². The first-order valence-corrected chi connectivity index (χ1v) is 7.74. The Morgan fingerprint density at radius 2 is 1.84 bits per heavy atom. The molecule has 25 heavy (non-hydrogen) atoms. The fourth-order valence-corrected chi connectivity index (χ4v) is 2.71. The van der Waals surface area contributed by atoms with Crippen LogP contribution in [0.2, 0.25) is 0 Å². The van der Waals surface area contributed by atoms with Gasteiger partial charge in [-0.25, -0.2) is 4.79 Å². The van der Waals surface area contributed by atoms with E-state index in [9.17, 15) is 9.90 Å². The van der Waals surface area contributed by atoms with Crippen LogP contribution in [0.3, 0.4) is 0 Å². The van der Waals surface area contributed by atoms with Gasteiger partial charge >= 0.3 is 5.63 Å². The van der Waals surface area contributed by atoms with E-state index in [1.54, 1.807) is 39.3 Å². The number of hydrogen-bond acceptors (Lipinski definition) is 6. The molecule has 0 bridgehead atoms. The zero-order valence-electron chi connectivity index (χ0n) is 14.3. The van der Waals surface area contributed by atoms with Gasteiger partial charge in [-0.1, -0.05) is 0 Å². The van der Waals surface area contributed by atoms with E-state index in [0.717, 1.165) is 16.6 Å². The van der Waals surface area contributed by atoms with E-state index in [0.29, 0.717) is 29.2 Å². The molecule has 0 aliphatic rings. The predicted octanol–water partition coefficient (Wildman–Crippen LogP) is 3.44. The molecule has 0 saturated heterocycles. The van der Waals surface area contributed by atoms with Crippen molar-refractivity contribution in [3.05, 3.63) is 57.9 Å². The molecule has 0 aliphatic carbocycles. The van der Waals surface area contributed by atoms with Crippen LogP contribution in [0, 0.1) is 6.92 Å². The number of anilines is 1. The second-order valence-electron chi connectivity index (χ2n) is 5.60. The average molecular weight is 341 g/mol. The number of methoxy groups -OCH3 is 2. The summed E-state index contributed by atoms with van der Waals surface area (Å²) in [6, 6.07) is 10.3. The Morgan fingerprint density at radius 1 is 1.08 bits per heavy atom. The van der Waals surface area contributed by atoms with E-state index < -0.39 is 5.63 Å².